The van der Waals surface area contributed by atoms with Gasteiger partial charge in [-0.1, -0.05) is 17.7 Å². The molecule has 8 heteroatoms. The Morgan fingerprint density at radius 1 is 1.16 bits per heavy atom. The number of aromatic hydroxyl groups is 1. The lowest BCUT2D eigenvalue weighted by Gasteiger charge is -2.26. The maximum atomic E-state index is 12.6. The summed E-state index contributed by atoms with van der Waals surface area (Å²) in [5.41, 5.74) is 0.904. The Bertz CT molecular complexity index is 926. The highest BCUT2D eigenvalue weighted by molar-refractivity contribution is 5.97. The number of amides is 1. The number of aromatic nitrogens is 1. The van der Waals surface area contributed by atoms with Gasteiger partial charge in [-0.2, -0.15) is 0 Å². The van der Waals surface area contributed by atoms with E-state index >= 15 is 0 Å². The molecule has 1 aromatic carbocycles. The van der Waals surface area contributed by atoms with Crippen LogP contribution in [0.3, 0.4) is 0 Å². The Balaban J connectivity index is 1.60. The van der Waals surface area contributed by atoms with Crippen molar-refractivity contribution in [1.82, 2.24) is 10.3 Å². The number of carbonyl (C=O) groups is 2. The van der Waals surface area contributed by atoms with E-state index in [0.717, 1.165) is 24.2 Å². The third kappa shape index (κ3) is 5.65. The van der Waals surface area contributed by atoms with Crippen molar-refractivity contribution in [2.24, 2.45) is 5.92 Å². The summed E-state index contributed by atoms with van der Waals surface area (Å²) in [5.74, 6) is -0.524. The minimum Gasteiger partial charge on any atom is -0.503 e. The van der Waals surface area contributed by atoms with Crippen molar-refractivity contribution in [3.8, 4) is 17.2 Å². The van der Waals surface area contributed by atoms with E-state index in [1.807, 2.05) is 31.2 Å². The summed E-state index contributed by atoms with van der Waals surface area (Å²) in [5, 5.41) is 12.6. The van der Waals surface area contributed by atoms with Crippen molar-refractivity contribution in [3.05, 3.63) is 47.8 Å². The second kappa shape index (κ2) is 9.68. The summed E-state index contributed by atoms with van der Waals surface area (Å²) in [4.78, 5) is 28.9. The lowest BCUT2D eigenvalue weighted by Crippen LogP contribution is -2.43. The van der Waals surface area contributed by atoms with Crippen LogP contribution in [-0.4, -0.2) is 47.3 Å². The normalized spacial score (nSPS) is 16.0. The van der Waals surface area contributed by atoms with Crippen LogP contribution < -0.4 is 14.8 Å². The fourth-order valence-corrected chi connectivity index (χ4v) is 3.22. The second-order valence-corrected chi connectivity index (χ2v) is 7.78. The lowest BCUT2D eigenvalue weighted by molar-refractivity contribution is -0.155. The van der Waals surface area contributed by atoms with E-state index < -0.39 is 29.8 Å². The first-order chi connectivity index (χ1) is 14.8. The smallest absolute Gasteiger partial charge is 0.328 e. The van der Waals surface area contributed by atoms with E-state index in [2.05, 4.69) is 10.3 Å². The van der Waals surface area contributed by atoms with Crippen molar-refractivity contribution >= 4 is 11.9 Å². The molecule has 1 fully saturated rings. The van der Waals surface area contributed by atoms with Gasteiger partial charge in [0.25, 0.3) is 5.91 Å². The number of esters is 1. The molecule has 0 aliphatic heterocycles. The average Bonchev–Trinajstić information content (AvgIpc) is 3.58. The van der Waals surface area contributed by atoms with Crippen LogP contribution in [0.2, 0.25) is 0 Å². The number of nitrogens with zero attached hydrogens (tertiary/aromatic N) is 1. The molecule has 3 rings (SSSR count). The van der Waals surface area contributed by atoms with Crippen LogP contribution in [-0.2, 0) is 9.53 Å². The molecule has 8 nitrogen and oxygen atoms in total. The molecule has 0 saturated heterocycles. The van der Waals surface area contributed by atoms with Crippen molar-refractivity contribution in [2.45, 2.75) is 51.9 Å². The highest BCUT2D eigenvalue weighted by atomic mass is 16.6. The van der Waals surface area contributed by atoms with Crippen LogP contribution >= 0.6 is 0 Å². The predicted octanol–water partition coefficient (Wildman–Crippen LogP) is 3.01. The molecule has 1 heterocycles. The van der Waals surface area contributed by atoms with Gasteiger partial charge in [-0.3, -0.25) is 4.79 Å². The number of hydrogen-bond donors (Lipinski definition) is 2. The van der Waals surface area contributed by atoms with E-state index in [-0.39, 0.29) is 17.5 Å². The molecule has 1 saturated carbocycles. The summed E-state index contributed by atoms with van der Waals surface area (Å²) >= 11 is 0. The van der Waals surface area contributed by atoms with Crippen LogP contribution in [0.5, 0.6) is 17.2 Å². The molecule has 0 unspecified atom stereocenters. The molecule has 2 aromatic rings. The highest BCUT2D eigenvalue weighted by Gasteiger charge is 2.39. The van der Waals surface area contributed by atoms with Gasteiger partial charge in [0.2, 0.25) is 0 Å². The number of nitrogens with one attached hydrogen (secondary N) is 1. The first-order valence-electron chi connectivity index (χ1n) is 10.3. The van der Waals surface area contributed by atoms with Crippen molar-refractivity contribution in [2.75, 3.05) is 7.11 Å². The monoisotopic (exact) mass is 428 g/mol. The maximum Gasteiger partial charge on any atom is 0.328 e. The van der Waals surface area contributed by atoms with Crippen LogP contribution in [0.1, 0.15) is 42.7 Å². The highest BCUT2D eigenvalue weighted by Crippen LogP contribution is 2.37. The summed E-state index contributed by atoms with van der Waals surface area (Å²) in [6.45, 7) is 5.30. The molecule has 1 amide bonds. The molecule has 0 radical (unpaired) electrons. The Kier molecular flexibility index (Phi) is 6.99. The average molecular weight is 428 g/mol. The van der Waals surface area contributed by atoms with E-state index in [0.29, 0.717) is 5.92 Å². The molecular weight excluding hydrogens is 400 g/mol. The van der Waals surface area contributed by atoms with Gasteiger partial charge in [0, 0.05) is 12.3 Å². The molecule has 2 N–H and O–H groups in total. The molecule has 31 heavy (non-hydrogen) atoms. The Morgan fingerprint density at radius 3 is 2.45 bits per heavy atom. The van der Waals surface area contributed by atoms with E-state index in [1.165, 1.54) is 26.3 Å². The maximum absolute atomic E-state index is 12.6. The summed E-state index contributed by atoms with van der Waals surface area (Å²) in [6.07, 6.45) is 2.61. The molecule has 3 atom stereocenters. The lowest BCUT2D eigenvalue weighted by atomic mass is 10.1. The minimum absolute atomic E-state index is 0.115. The molecule has 166 valence electrons. The third-order valence-corrected chi connectivity index (χ3v) is 5.17. The zero-order valence-electron chi connectivity index (χ0n) is 18.1. The summed E-state index contributed by atoms with van der Waals surface area (Å²) in [7, 11) is 1.37. The van der Waals surface area contributed by atoms with Crippen LogP contribution in [0.25, 0.3) is 0 Å². The van der Waals surface area contributed by atoms with Crippen LogP contribution in [0.15, 0.2) is 36.5 Å². The number of carbonyl (C=O) groups excluding carboxylic acids is 2. The fraction of sp³-hybridized carbons (Fsp3) is 0.435. The standard InChI is InChI=1S/C23H28N2O6/c1-13-5-9-17(10-6-13)31-21(16-7-8-16)15(3)30-23(28)14(2)25-22(27)19-20(26)18(29-4)11-12-24-19/h5-6,9-12,14-16,21,26H,7-8H2,1-4H3,(H,25,27)/t14-,15-,21-/m0/s1. The summed E-state index contributed by atoms with van der Waals surface area (Å²) in [6, 6.07) is 8.22. The van der Waals surface area contributed by atoms with Crippen molar-refractivity contribution < 1.29 is 28.9 Å². The molecule has 1 aliphatic carbocycles. The van der Waals surface area contributed by atoms with Gasteiger partial charge in [0.1, 0.15) is 24.0 Å². The second-order valence-electron chi connectivity index (χ2n) is 7.78. The molecule has 0 spiro atoms. The quantitative estimate of drug-likeness (QED) is 0.591. The summed E-state index contributed by atoms with van der Waals surface area (Å²) < 4.78 is 16.7. The van der Waals surface area contributed by atoms with Crippen molar-refractivity contribution in [1.29, 1.82) is 0 Å². The van der Waals surface area contributed by atoms with Gasteiger partial charge >= 0.3 is 5.97 Å². The Hall–Kier alpha value is -3.29. The Labute approximate surface area is 181 Å². The van der Waals surface area contributed by atoms with Crippen LogP contribution in [0, 0.1) is 12.8 Å². The molecule has 1 aliphatic rings. The van der Waals surface area contributed by atoms with Crippen molar-refractivity contribution in [3.63, 3.8) is 0 Å². The molecular formula is C23H28N2O6. The van der Waals surface area contributed by atoms with E-state index in [1.54, 1.807) is 6.92 Å². The molecule has 0 bridgehead atoms. The predicted molar refractivity (Wildman–Crippen MR) is 113 cm³/mol. The Morgan fingerprint density at radius 2 is 1.84 bits per heavy atom. The zero-order valence-corrected chi connectivity index (χ0v) is 18.1. The van der Waals surface area contributed by atoms with Gasteiger partial charge in [-0.15, -0.1) is 0 Å². The largest absolute Gasteiger partial charge is 0.503 e. The first kappa shape index (κ1) is 22.4. The third-order valence-electron chi connectivity index (χ3n) is 5.17. The van der Waals surface area contributed by atoms with E-state index in [9.17, 15) is 14.7 Å². The zero-order chi connectivity index (χ0) is 22.5. The fourth-order valence-electron chi connectivity index (χ4n) is 3.22. The number of benzene rings is 1. The topological polar surface area (TPSA) is 107 Å². The number of rotatable bonds is 9. The van der Waals surface area contributed by atoms with Gasteiger partial charge < -0.3 is 24.6 Å². The number of ether oxygens (including phenoxy) is 3. The number of methoxy groups -OCH3 is 1. The van der Waals surface area contributed by atoms with Gasteiger partial charge in [-0.05, 0) is 51.7 Å². The first-order valence-corrected chi connectivity index (χ1v) is 10.3. The van der Waals surface area contributed by atoms with E-state index in [4.69, 9.17) is 14.2 Å². The van der Waals surface area contributed by atoms with Gasteiger partial charge in [-0.25, -0.2) is 9.78 Å². The number of pyridine rings is 1. The minimum atomic E-state index is -0.943. The van der Waals surface area contributed by atoms with Crippen LogP contribution in [0.4, 0.5) is 0 Å². The van der Waals surface area contributed by atoms with Gasteiger partial charge in [0.05, 0.1) is 7.11 Å². The molecule has 1 aromatic heterocycles. The van der Waals surface area contributed by atoms with Gasteiger partial charge in [0.15, 0.2) is 17.2 Å². The number of aryl methyl sites for hydroxylation is 1. The SMILES string of the molecule is COc1ccnc(C(=O)N[C@@H](C)C(=O)O[C@@H](C)[C@H](Oc2ccc(C)cc2)C2CC2)c1O. The number of hydrogen-bond acceptors (Lipinski definition) is 7.